The fourth-order valence-corrected chi connectivity index (χ4v) is 6.96. The molecule has 1 N–H and O–H groups in total. The van der Waals surface area contributed by atoms with E-state index in [2.05, 4.69) is 5.32 Å². The lowest BCUT2D eigenvalue weighted by Gasteiger charge is -2.26. The number of fused-ring (bicyclic) bond motifs is 1. The predicted octanol–water partition coefficient (Wildman–Crippen LogP) is 4.39. The molecule has 1 aliphatic heterocycles. The van der Waals surface area contributed by atoms with Crippen LogP contribution in [0.4, 0.5) is 5.69 Å². The van der Waals surface area contributed by atoms with Gasteiger partial charge in [-0.25, -0.2) is 8.42 Å². The van der Waals surface area contributed by atoms with E-state index in [9.17, 15) is 13.2 Å². The molecule has 1 aromatic heterocycles. The monoisotopic (exact) mass is 473 g/mol. The maximum absolute atomic E-state index is 13.4. The molecule has 0 spiro atoms. The molecular formula is C23H23NO6S2. The van der Waals surface area contributed by atoms with Crippen molar-refractivity contribution in [2.24, 2.45) is 0 Å². The molecule has 2 aromatic carbocycles. The molecule has 0 radical (unpaired) electrons. The Labute approximate surface area is 190 Å². The molecule has 1 amide bonds. The van der Waals surface area contributed by atoms with E-state index in [-0.39, 0.29) is 28.0 Å². The Morgan fingerprint density at radius 1 is 1.03 bits per heavy atom. The zero-order valence-corrected chi connectivity index (χ0v) is 19.7. The molecule has 0 bridgehead atoms. The molecule has 7 nitrogen and oxygen atoms in total. The third kappa shape index (κ3) is 3.61. The first-order chi connectivity index (χ1) is 15.3. The number of aryl methyl sites for hydroxylation is 1. The summed E-state index contributed by atoms with van der Waals surface area (Å²) in [6, 6.07) is 10.3. The Hall–Kier alpha value is -3.04. The van der Waals surface area contributed by atoms with Gasteiger partial charge in [-0.05, 0) is 30.7 Å². The van der Waals surface area contributed by atoms with Crippen molar-refractivity contribution >= 4 is 32.8 Å². The summed E-state index contributed by atoms with van der Waals surface area (Å²) in [5.74, 6) is 0.721. The second-order valence-electron chi connectivity index (χ2n) is 7.39. The van der Waals surface area contributed by atoms with Crippen LogP contribution in [0.15, 0.2) is 51.6 Å². The van der Waals surface area contributed by atoms with Crippen LogP contribution < -0.4 is 19.5 Å². The number of amides is 1. The third-order valence-electron chi connectivity index (χ3n) is 5.46. The van der Waals surface area contributed by atoms with Gasteiger partial charge in [-0.15, -0.1) is 11.3 Å². The van der Waals surface area contributed by atoms with E-state index in [1.54, 1.807) is 29.6 Å². The smallest absolute Gasteiger partial charge is 0.225 e. The number of ether oxygens (including phenoxy) is 3. The van der Waals surface area contributed by atoms with Gasteiger partial charge >= 0.3 is 0 Å². The van der Waals surface area contributed by atoms with Gasteiger partial charge in [-0.2, -0.15) is 0 Å². The van der Waals surface area contributed by atoms with E-state index in [4.69, 9.17) is 14.2 Å². The van der Waals surface area contributed by atoms with Gasteiger partial charge in [0.1, 0.15) is 4.90 Å². The van der Waals surface area contributed by atoms with E-state index in [1.165, 1.54) is 32.7 Å². The lowest BCUT2D eigenvalue weighted by Crippen LogP contribution is -2.23. The molecule has 2 heterocycles. The molecule has 9 heteroatoms. The normalized spacial score (nSPS) is 15.6. The van der Waals surface area contributed by atoms with Gasteiger partial charge in [-0.1, -0.05) is 18.2 Å². The Morgan fingerprint density at radius 3 is 2.44 bits per heavy atom. The van der Waals surface area contributed by atoms with Gasteiger partial charge in [-0.3, -0.25) is 4.79 Å². The molecule has 32 heavy (non-hydrogen) atoms. The molecule has 168 valence electrons. The molecule has 1 atom stereocenters. The first-order valence-corrected chi connectivity index (χ1v) is 12.2. The molecule has 0 unspecified atom stereocenters. The number of nitrogens with one attached hydrogen (secondary N) is 1. The molecular weight excluding hydrogens is 450 g/mol. The van der Waals surface area contributed by atoms with Gasteiger partial charge in [0, 0.05) is 28.2 Å². The number of thiophene rings is 1. The van der Waals surface area contributed by atoms with E-state index < -0.39 is 9.84 Å². The van der Waals surface area contributed by atoms with Crippen LogP contribution in [0, 0.1) is 6.92 Å². The van der Waals surface area contributed by atoms with Crippen LogP contribution in [0.25, 0.3) is 0 Å². The van der Waals surface area contributed by atoms with E-state index in [0.29, 0.717) is 22.9 Å². The second-order valence-corrected chi connectivity index (χ2v) is 10.2. The number of rotatable bonds is 6. The quantitative estimate of drug-likeness (QED) is 0.571. The average Bonchev–Trinajstić information content (AvgIpc) is 3.21. The zero-order chi connectivity index (χ0) is 23.0. The van der Waals surface area contributed by atoms with Gasteiger partial charge in [0.15, 0.2) is 11.5 Å². The lowest BCUT2D eigenvalue weighted by atomic mass is 9.89. The minimum atomic E-state index is -3.81. The first-order valence-electron chi connectivity index (χ1n) is 9.83. The van der Waals surface area contributed by atoms with Gasteiger partial charge < -0.3 is 19.5 Å². The average molecular weight is 474 g/mol. The highest BCUT2D eigenvalue weighted by Gasteiger charge is 2.36. The Morgan fingerprint density at radius 2 is 1.78 bits per heavy atom. The summed E-state index contributed by atoms with van der Waals surface area (Å²) in [5, 5.41) is 4.37. The summed E-state index contributed by atoms with van der Waals surface area (Å²) in [7, 11) is 0.760. The number of anilines is 1. The van der Waals surface area contributed by atoms with Crippen molar-refractivity contribution in [3.05, 3.63) is 57.8 Å². The number of carbonyl (C=O) groups is 1. The maximum atomic E-state index is 13.4. The maximum Gasteiger partial charge on any atom is 0.225 e. The van der Waals surface area contributed by atoms with Crippen molar-refractivity contribution < 1.29 is 27.4 Å². The highest BCUT2D eigenvalue weighted by atomic mass is 32.2. The van der Waals surface area contributed by atoms with E-state index in [0.717, 1.165) is 16.0 Å². The SMILES string of the molecule is COc1ccc([C@@H]2CC(=O)Nc3c(S(=O)(=O)c4cccc(C)c4)csc32)c(OC)c1OC. The number of carbonyl (C=O) groups excluding carboxylic acids is 1. The van der Waals surface area contributed by atoms with Crippen molar-refractivity contribution in [1.82, 2.24) is 0 Å². The largest absolute Gasteiger partial charge is 0.493 e. The van der Waals surface area contributed by atoms with Crippen molar-refractivity contribution in [3.8, 4) is 17.2 Å². The molecule has 0 saturated carbocycles. The second kappa shape index (κ2) is 8.48. The van der Waals surface area contributed by atoms with Crippen LogP contribution >= 0.6 is 11.3 Å². The van der Waals surface area contributed by atoms with Gasteiger partial charge in [0.25, 0.3) is 0 Å². The van der Waals surface area contributed by atoms with Crippen molar-refractivity contribution in [1.29, 1.82) is 0 Å². The molecule has 0 aliphatic carbocycles. The molecule has 3 aromatic rings. The van der Waals surface area contributed by atoms with Crippen molar-refractivity contribution in [2.75, 3.05) is 26.6 Å². The number of hydrogen-bond donors (Lipinski definition) is 1. The van der Waals surface area contributed by atoms with Crippen LogP contribution in [-0.2, 0) is 14.6 Å². The fraction of sp³-hybridized carbons (Fsp3) is 0.261. The summed E-state index contributed by atoms with van der Waals surface area (Å²) >= 11 is 1.30. The summed E-state index contributed by atoms with van der Waals surface area (Å²) < 4.78 is 43.2. The first kappa shape index (κ1) is 22.2. The molecule has 0 fully saturated rings. The molecule has 1 aliphatic rings. The van der Waals surface area contributed by atoms with Gasteiger partial charge in [0.05, 0.1) is 31.9 Å². The Balaban J connectivity index is 1.87. The number of methoxy groups -OCH3 is 3. The Bertz CT molecular complexity index is 1300. The van der Waals surface area contributed by atoms with Crippen molar-refractivity contribution in [3.63, 3.8) is 0 Å². The minimum Gasteiger partial charge on any atom is -0.493 e. The summed E-state index contributed by atoms with van der Waals surface area (Å²) in [6.07, 6.45) is 0.156. The predicted molar refractivity (Wildman–Crippen MR) is 122 cm³/mol. The summed E-state index contributed by atoms with van der Waals surface area (Å²) in [5.41, 5.74) is 1.89. The van der Waals surface area contributed by atoms with Crippen LogP contribution in [0.2, 0.25) is 0 Å². The van der Waals surface area contributed by atoms with Crippen molar-refractivity contribution in [2.45, 2.75) is 29.1 Å². The van der Waals surface area contributed by atoms with Crippen LogP contribution in [0.5, 0.6) is 17.2 Å². The fourth-order valence-electron chi connectivity index (χ4n) is 3.96. The third-order valence-corrected chi connectivity index (χ3v) is 8.48. The highest BCUT2D eigenvalue weighted by molar-refractivity contribution is 7.91. The standard InChI is InChI=1S/C23H23NO6S2/c1-13-6-5-7-14(10-13)32(26,27)18-12-31-23-16(11-19(25)24-20(18)23)15-8-9-17(28-2)22(30-4)21(15)29-3/h5-10,12,16H,11H2,1-4H3,(H,24,25)/t16-/m0/s1. The molecule has 4 rings (SSSR count). The van der Waals surface area contributed by atoms with Crippen LogP contribution in [-0.4, -0.2) is 35.7 Å². The van der Waals surface area contributed by atoms with E-state index >= 15 is 0 Å². The van der Waals surface area contributed by atoms with Crippen LogP contribution in [0.3, 0.4) is 0 Å². The van der Waals surface area contributed by atoms with Gasteiger partial charge in [0.2, 0.25) is 21.5 Å². The zero-order valence-electron chi connectivity index (χ0n) is 18.1. The number of sulfone groups is 1. The summed E-state index contributed by atoms with van der Waals surface area (Å²) in [6.45, 7) is 1.84. The van der Waals surface area contributed by atoms with Crippen LogP contribution in [0.1, 0.15) is 28.3 Å². The Kier molecular flexibility index (Phi) is 5.87. The minimum absolute atomic E-state index is 0.0978. The highest BCUT2D eigenvalue weighted by Crippen LogP contribution is 2.51. The van der Waals surface area contributed by atoms with E-state index in [1.807, 2.05) is 19.1 Å². The number of hydrogen-bond acceptors (Lipinski definition) is 7. The molecule has 0 saturated heterocycles. The summed E-state index contributed by atoms with van der Waals surface area (Å²) in [4.78, 5) is 13.7. The number of benzene rings is 2. The lowest BCUT2D eigenvalue weighted by molar-refractivity contribution is -0.116. The topological polar surface area (TPSA) is 90.9 Å².